The average Bonchev–Trinajstić information content (AvgIpc) is 2.81. The van der Waals surface area contributed by atoms with E-state index in [0.717, 1.165) is 35.2 Å². The van der Waals surface area contributed by atoms with Crippen LogP contribution in [0.25, 0.3) is 16.0 Å². The van der Waals surface area contributed by atoms with Crippen LogP contribution in [0.5, 0.6) is 0 Å². The summed E-state index contributed by atoms with van der Waals surface area (Å²) in [7, 11) is 0. The molecule has 1 heterocycles. The van der Waals surface area contributed by atoms with Crippen molar-refractivity contribution in [2.45, 2.75) is 38.6 Å². The van der Waals surface area contributed by atoms with Gasteiger partial charge in [0.25, 0.3) is 0 Å². The predicted molar refractivity (Wildman–Crippen MR) is 101 cm³/mol. The molecule has 1 aromatic rings. The van der Waals surface area contributed by atoms with Crippen molar-refractivity contribution < 1.29 is 14.3 Å². The van der Waals surface area contributed by atoms with E-state index in [1.54, 1.807) is 6.92 Å². The van der Waals surface area contributed by atoms with E-state index in [2.05, 4.69) is 10.0 Å². The molecular weight excluding hydrogens is 344 g/mol. The highest BCUT2D eigenvalue weighted by molar-refractivity contribution is 5.89. The van der Waals surface area contributed by atoms with E-state index >= 15 is 0 Å². The third kappa shape index (κ3) is 4.20. The van der Waals surface area contributed by atoms with Crippen molar-refractivity contribution in [3.05, 3.63) is 63.7 Å². The second kappa shape index (κ2) is 8.56. The summed E-state index contributed by atoms with van der Waals surface area (Å²) in [4.78, 5) is 29.3. The van der Waals surface area contributed by atoms with Crippen LogP contribution in [0.15, 0.2) is 52.8 Å². The SMILES string of the molecule is CCOC(=O)CN1C(=O)C(N=[N+]=[N-])CCC2=C1C=C(c1ccccc1)CC2. The maximum Gasteiger partial charge on any atom is 0.326 e. The van der Waals surface area contributed by atoms with Crippen LogP contribution in [0.2, 0.25) is 0 Å². The summed E-state index contributed by atoms with van der Waals surface area (Å²) in [5, 5.41) is 3.65. The fraction of sp³-hybridized carbons (Fsp3) is 0.400. The van der Waals surface area contributed by atoms with Gasteiger partial charge in [-0.1, -0.05) is 35.4 Å². The Balaban J connectivity index is 1.99. The van der Waals surface area contributed by atoms with Crippen molar-refractivity contribution >= 4 is 17.4 Å². The lowest BCUT2D eigenvalue weighted by molar-refractivity contribution is -0.147. The molecule has 0 saturated carbocycles. The highest BCUT2D eigenvalue weighted by Crippen LogP contribution is 2.36. The van der Waals surface area contributed by atoms with Gasteiger partial charge in [0.1, 0.15) is 12.6 Å². The van der Waals surface area contributed by atoms with Gasteiger partial charge in [-0.15, -0.1) is 0 Å². The van der Waals surface area contributed by atoms with Gasteiger partial charge in [0, 0.05) is 10.6 Å². The first-order chi connectivity index (χ1) is 13.1. The van der Waals surface area contributed by atoms with Crippen LogP contribution in [0.4, 0.5) is 0 Å². The molecule has 3 rings (SSSR count). The number of hydrogen-bond acceptors (Lipinski definition) is 4. The fourth-order valence-electron chi connectivity index (χ4n) is 3.56. The van der Waals surface area contributed by atoms with Gasteiger partial charge in [-0.3, -0.25) is 9.59 Å². The summed E-state index contributed by atoms with van der Waals surface area (Å²) in [6.45, 7) is 1.79. The summed E-state index contributed by atoms with van der Waals surface area (Å²) in [5.74, 6) is -0.823. The molecule has 2 aliphatic rings. The Morgan fingerprint density at radius 1 is 1.30 bits per heavy atom. The lowest BCUT2D eigenvalue weighted by atomic mass is 9.89. The molecule has 7 nitrogen and oxygen atoms in total. The van der Waals surface area contributed by atoms with E-state index in [9.17, 15) is 9.59 Å². The number of carbonyl (C=O) groups is 2. The minimum atomic E-state index is -0.802. The Kier molecular flexibility index (Phi) is 5.94. The molecule has 27 heavy (non-hydrogen) atoms. The molecule has 1 unspecified atom stereocenters. The zero-order valence-corrected chi connectivity index (χ0v) is 15.3. The second-order valence-corrected chi connectivity index (χ2v) is 6.51. The van der Waals surface area contributed by atoms with Gasteiger partial charge >= 0.3 is 5.97 Å². The van der Waals surface area contributed by atoms with Crippen molar-refractivity contribution in [3.8, 4) is 0 Å². The number of benzene rings is 1. The minimum absolute atomic E-state index is 0.179. The number of nitrogens with zero attached hydrogens (tertiary/aromatic N) is 4. The molecule has 1 aliphatic carbocycles. The van der Waals surface area contributed by atoms with Crippen molar-refractivity contribution in [2.24, 2.45) is 5.11 Å². The molecule has 0 saturated heterocycles. The van der Waals surface area contributed by atoms with E-state index < -0.39 is 12.0 Å². The Bertz CT molecular complexity index is 838. The van der Waals surface area contributed by atoms with Crippen LogP contribution in [0.3, 0.4) is 0 Å². The van der Waals surface area contributed by atoms with Crippen molar-refractivity contribution in [3.63, 3.8) is 0 Å². The maximum absolute atomic E-state index is 13.0. The van der Waals surface area contributed by atoms with Gasteiger partial charge in [0.15, 0.2) is 0 Å². The summed E-state index contributed by atoms with van der Waals surface area (Å²) in [6, 6.07) is 9.19. The second-order valence-electron chi connectivity index (χ2n) is 6.51. The maximum atomic E-state index is 13.0. The molecule has 0 spiro atoms. The summed E-state index contributed by atoms with van der Waals surface area (Å²) < 4.78 is 5.04. The minimum Gasteiger partial charge on any atom is -0.465 e. The first kappa shape index (κ1) is 18.7. The smallest absolute Gasteiger partial charge is 0.326 e. The molecule has 0 radical (unpaired) electrons. The van der Waals surface area contributed by atoms with Crippen molar-refractivity contribution in [1.82, 2.24) is 4.90 Å². The summed E-state index contributed by atoms with van der Waals surface area (Å²) in [5.41, 5.74) is 12.9. The van der Waals surface area contributed by atoms with E-state index in [1.807, 2.05) is 36.4 Å². The monoisotopic (exact) mass is 366 g/mol. The van der Waals surface area contributed by atoms with Gasteiger partial charge in [-0.05, 0) is 60.9 Å². The predicted octanol–water partition coefficient (Wildman–Crippen LogP) is 3.98. The van der Waals surface area contributed by atoms with Crippen LogP contribution in [-0.2, 0) is 14.3 Å². The molecule has 1 atom stereocenters. The van der Waals surface area contributed by atoms with E-state index in [4.69, 9.17) is 10.3 Å². The molecule has 0 fully saturated rings. The standard InChI is InChI=1S/C20H22N4O3/c1-2-27-19(25)13-24-18-12-16(14-6-4-3-5-7-14)9-8-15(18)10-11-17(20(24)26)22-23-21/h3-7,12,17H,2,8-11,13H2,1H3. The first-order valence-corrected chi connectivity index (χ1v) is 9.13. The van der Waals surface area contributed by atoms with Crippen LogP contribution >= 0.6 is 0 Å². The lowest BCUT2D eigenvalue weighted by Crippen LogP contribution is -2.40. The molecule has 0 aromatic heterocycles. The van der Waals surface area contributed by atoms with Crippen molar-refractivity contribution in [1.29, 1.82) is 0 Å². The van der Waals surface area contributed by atoms with Crippen LogP contribution in [0, 0.1) is 0 Å². The highest BCUT2D eigenvalue weighted by atomic mass is 16.5. The van der Waals surface area contributed by atoms with Gasteiger partial charge in [-0.25, -0.2) is 0 Å². The Morgan fingerprint density at radius 3 is 2.78 bits per heavy atom. The number of amides is 1. The van der Waals surface area contributed by atoms with Crippen LogP contribution in [0.1, 0.15) is 38.2 Å². The molecule has 1 aromatic carbocycles. The van der Waals surface area contributed by atoms with Gasteiger partial charge in [0.2, 0.25) is 5.91 Å². The number of carbonyl (C=O) groups excluding carboxylic acids is 2. The molecule has 0 bridgehead atoms. The number of esters is 1. The number of azide groups is 1. The third-order valence-electron chi connectivity index (χ3n) is 4.86. The third-order valence-corrected chi connectivity index (χ3v) is 4.86. The Morgan fingerprint density at radius 2 is 2.07 bits per heavy atom. The zero-order chi connectivity index (χ0) is 19.2. The van der Waals surface area contributed by atoms with Crippen molar-refractivity contribution in [2.75, 3.05) is 13.2 Å². The highest BCUT2D eigenvalue weighted by Gasteiger charge is 2.33. The Labute approximate surface area is 157 Å². The molecular formula is C20H22N4O3. The topological polar surface area (TPSA) is 95.4 Å². The zero-order valence-electron chi connectivity index (χ0n) is 15.3. The fourth-order valence-corrected chi connectivity index (χ4v) is 3.56. The lowest BCUT2D eigenvalue weighted by Gasteiger charge is -2.28. The van der Waals surface area contributed by atoms with Crippen LogP contribution in [-0.4, -0.2) is 36.0 Å². The van der Waals surface area contributed by atoms with Gasteiger partial charge < -0.3 is 9.64 Å². The molecule has 0 N–H and O–H groups in total. The largest absolute Gasteiger partial charge is 0.465 e. The summed E-state index contributed by atoms with van der Waals surface area (Å²) in [6.07, 6.45) is 4.80. The Hall–Kier alpha value is -3.05. The normalized spacial score (nSPS) is 19.6. The quantitative estimate of drug-likeness (QED) is 0.341. The number of ether oxygens (including phenoxy) is 1. The molecule has 7 heteroatoms. The number of hydrogen-bond donors (Lipinski definition) is 0. The number of rotatable bonds is 5. The van der Waals surface area contributed by atoms with Gasteiger partial charge in [0.05, 0.1) is 6.61 Å². The molecule has 1 amide bonds. The van der Waals surface area contributed by atoms with Crippen LogP contribution < -0.4 is 0 Å². The average molecular weight is 366 g/mol. The summed E-state index contributed by atoms with van der Waals surface area (Å²) >= 11 is 0. The first-order valence-electron chi connectivity index (χ1n) is 9.13. The van der Waals surface area contributed by atoms with E-state index in [0.29, 0.717) is 12.8 Å². The molecule has 140 valence electrons. The number of allylic oxidation sites excluding steroid dienone is 3. The van der Waals surface area contributed by atoms with E-state index in [1.165, 1.54) is 4.90 Å². The van der Waals surface area contributed by atoms with Gasteiger partial charge in [-0.2, -0.15) is 0 Å². The van der Waals surface area contributed by atoms with E-state index in [-0.39, 0.29) is 19.1 Å². The molecule has 1 aliphatic heterocycles.